The Balaban J connectivity index is 2.86. The molecule has 0 aliphatic rings. The molecule has 0 aromatic carbocycles. The van der Waals surface area contributed by atoms with Crippen LogP contribution in [0.2, 0.25) is 0 Å². The molecular weight excluding hydrogens is 156 g/mol. The van der Waals surface area contributed by atoms with E-state index in [0.29, 0.717) is 12.3 Å². The van der Waals surface area contributed by atoms with Crippen molar-refractivity contribution in [2.75, 3.05) is 6.61 Å². The molecule has 64 valence electrons. The lowest BCUT2D eigenvalue weighted by Crippen LogP contribution is -2.08. The summed E-state index contributed by atoms with van der Waals surface area (Å²) < 4.78 is 6.29. The minimum absolute atomic E-state index is 0.362. The zero-order valence-electron chi connectivity index (χ0n) is 6.86. The van der Waals surface area contributed by atoms with E-state index in [1.54, 1.807) is 6.92 Å². The van der Waals surface area contributed by atoms with E-state index in [1.807, 2.05) is 0 Å². The summed E-state index contributed by atoms with van der Waals surface area (Å²) in [6, 6.07) is 0. The molecule has 1 aromatic heterocycles. The molecule has 0 amide bonds. The first-order chi connectivity index (χ1) is 5.79. The summed E-state index contributed by atoms with van der Waals surface area (Å²) in [4.78, 5) is 14.9. The number of hydrogen-bond donors (Lipinski definition) is 0. The van der Waals surface area contributed by atoms with E-state index < -0.39 is 0 Å². The summed E-state index contributed by atoms with van der Waals surface area (Å²) in [5, 5.41) is 0. The van der Waals surface area contributed by atoms with Crippen LogP contribution in [-0.4, -0.2) is 22.1 Å². The fraction of sp³-hybridized carbons (Fsp3) is 0.250. The molecule has 0 fully saturated rings. The van der Waals surface area contributed by atoms with Crippen LogP contribution >= 0.6 is 0 Å². The molecular formula is C8H10N2O2. The second-order valence-electron chi connectivity index (χ2n) is 2.09. The van der Waals surface area contributed by atoms with Crippen molar-refractivity contribution in [2.45, 2.75) is 6.92 Å². The second-order valence-corrected chi connectivity index (χ2v) is 2.09. The monoisotopic (exact) mass is 166 g/mol. The number of ether oxygens (including phenoxy) is 1. The third-order valence-electron chi connectivity index (χ3n) is 1.35. The Kier molecular flexibility index (Phi) is 2.63. The molecule has 0 radical (unpaired) electrons. The van der Waals surface area contributed by atoms with Gasteiger partial charge in [-0.05, 0) is 6.92 Å². The minimum Gasteiger partial charge on any atom is -0.461 e. The van der Waals surface area contributed by atoms with Crippen LogP contribution in [0.25, 0.3) is 6.20 Å². The molecule has 4 nitrogen and oxygen atoms in total. The van der Waals surface area contributed by atoms with Gasteiger partial charge in [-0.15, -0.1) is 0 Å². The van der Waals surface area contributed by atoms with Crippen LogP contribution in [0.15, 0.2) is 19.1 Å². The molecule has 1 rings (SSSR count). The largest absolute Gasteiger partial charge is 0.461 e. The van der Waals surface area contributed by atoms with Gasteiger partial charge < -0.3 is 9.30 Å². The van der Waals surface area contributed by atoms with E-state index in [2.05, 4.69) is 11.6 Å². The Morgan fingerprint density at radius 1 is 1.92 bits per heavy atom. The Bertz CT molecular complexity index is 291. The second kappa shape index (κ2) is 3.71. The van der Waals surface area contributed by atoms with Crippen molar-refractivity contribution in [3.8, 4) is 0 Å². The highest BCUT2D eigenvalue weighted by Crippen LogP contribution is 2.01. The lowest BCUT2D eigenvalue weighted by molar-refractivity contribution is 0.0517. The summed E-state index contributed by atoms with van der Waals surface area (Å²) in [6.45, 7) is 5.64. The maximum absolute atomic E-state index is 11.2. The number of rotatable bonds is 3. The van der Waals surface area contributed by atoms with Gasteiger partial charge in [0, 0.05) is 6.20 Å². The van der Waals surface area contributed by atoms with Crippen LogP contribution in [0.4, 0.5) is 0 Å². The maximum atomic E-state index is 11.2. The summed E-state index contributed by atoms with van der Waals surface area (Å²) in [7, 11) is 0. The van der Waals surface area contributed by atoms with Gasteiger partial charge in [-0.3, -0.25) is 0 Å². The Hall–Kier alpha value is -1.58. The van der Waals surface area contributed by atoms with Crippen molar-refractivity contribution < 1.29 is 9.53 Å². The van der Waals surface area contributed by atoms with E-state index in [1.165, 1.54) is 23.3 Å². The molecule has 0 spiro atoms. The molecule has 0 bridgehead atoms. The summed E-state index contributed by atoms with van der Waals surface area (Å²) >= 11 is 0. The third kappa shape index (κ3) is 1.53. The average molecular weight is 166 g/mol. The molecule has 0 atom stereocenters. The van der Waals surface area contributed by atoms with Crippen molar-refractivity contribution in [3.63, 3.8) is 0 Å². The Morgan fingerprint density at radius 3 is 3.25 bits per heavy atom. The highest BCUT2D eigenvalue weighted by atomic mass is 16.5. The van der Waals surface area contributed by atoms with Gasteiger partial charge in [0.2, 0.25) is 0 Å². The smallest absolute Gasteiger partial charge is 0.356 e. The minimum atomic E-state index is -0.380. The van der Waals surface area contributed by atoms with Crippen LogP contribution in [0, 0.1) is 0 Å². The highest BCUT2D eigenvalue weighted by Gasteiger charge is 2.10. The first-order valence-electron chi connectivity index (χ1n) is 3.61. The van der Waals surface area contributed by atoms with Crippen molar-refractivity contribution >= 4 is 12.2 Å². The zero-order chi connectivity index (χ0) is 8.97. The molecule has 0 saturated heterocycles. The molecule has 0 saturated carbocycles. The van der Waals surface area contributed by atoms with Crippen molar-refractivity contribution in [1.29, 1.82) is 0 Å². The fourth-order valence-corrected chi connectivity index (χ4v) is 0.813. The molecule has 4 heteroatoms. The predicted molar refractivity (Wildman–Crippen MR) is 44.6 cm³/mol. The molecule has 1 aromatic rings. The number of esters is 1. The maximum Gasteiger partial charge on any atom is 0.356 e. The summed E-state index contributed by atoms with van der Waals surface area (Å²) in [5.41, 5.74) is 0.395. The van der Waals surface area contributed by atoms with Crippen LogP contribution in [0.5, 0.6) is 0 Å². The number of nitrogens with zero attached hydrogens (tertiary/aromatic N) is 2. The normalized spacial score (nSPS) is 9.42. The van der Waals surface area contributed by atoms with Crippen molar-refractivity contribution in [1.82, 2.24) is 9.55 Å². The van der Waals surface area contributed by atoms with Gasteiger partial charge in [-0.1, -0.05) is 6.58 Å². The average Bonchev–Trinajstić information content (AvgIpc) is 2.51. The van der Waals surface area contributed by atoms with E-state index >= 15 is 0 Å². The van der Waals surface area contributed by atoms with E-state index in [4.69, 9.17) is 4.74 Å². The van der Waals surface area contributed by atoms with Gasteiger partial charge in [-0.2, -0.15) is 0 Å². The van der Waals surface area contributed by atoms with Crippen LogP contribution < -0.4 is 0 Å². The predicted octanol–water partition coefficient (Wildman–Crippen LogP) is 1.16. The molecule has 12 heavy (non-hydrogen) atoms. The van der Waals surface area contributed by atoms with Gasteiger partial charge in [0.25, 0.3) is 0 Å². The van der Waals surface area contributed by atoms with Gasteiger partial charge in [0.05, 0.1) is 19.1 Å². The standard InChI is InChI=1S/C8H10N2O2/c1-3-10-6-9-5-7(10)8(11)12-4-2/h3,5-6H,1,4H2,2H3. The number of aromatic nitrogens is 2. The molecule has 1 heterocycles. The number of carbonyl (C=O) groups excluding carboxylic acids is 1. The fourth-order valence-electron chi connectivity index (χ4n) is 0.813. The van der Waals surface area contributed by atoms with Gasteiger partial charge in [0.1, 0.15) is 0 Å². The van der Waals surface area contributed by atoms with Crippen LogP contribution in [0.3, 0.4) is 0 Å². The number of hydrogen-bond acceptors (Lipinski definition) is 3. The molecule has 0 aliphatic heterocycles. The number of carbonyl (C=O) groups is 1. The van der Waals surface area contributed by atoms with Crippen molar-refractivity contribution in [3.05, 3.63) is 24.8 Å². The van der Waals surface area contributed by atoms with Gasteiger partial charge in [0.15, 0.2) is 5.69 Å². The Morgan fingerprint density at radius 2 is 2.67 bits per heavy atom. The van der Waals surface area contributed by atoms with Gasteiger partial charge in [-0.25, -0.2) is 9.78 Å². The summed E-state index contributed by atoms with van der Waals surface area (Å²) in [5.74, 6) is -0.380. The van der Waals surface area contributed by atoms with E-state index in [0.717, 1.165) is 0 Å². The third-order valence-corrected chi connectivity index (χ3v) is 1.35. The SMILES string of the molecule is C=Cn1cncc1C(=O)OCC. The lowest BCUT2D eigenvalue weighted by atomic mass is 10.5. The summed E-state index contributed by atoms with van der Waals surface area (Å²) in [6.07, 6.45) is 4.44. The molecule has 0 unspecified atom stereocenters. The lowest BCUT2D eigenvalue weighted by Gasteiger charge is -2.00. The van der Waals surface area contributed by atoms with E-state index in [9.17, 15) is 4.79 Å². The topological polar surface area (TPSA) is 44.1 Å². The van der Waals surface area contributed by atoms with Crippen LogP contribution in [-0.2, 0) is 4.74 Å². The van der Waals surface area contributed by atoms with E-state index in [-0.39, 0.29) is 5.97 Å². The Labute approximate surface area is 70.5 Å². The first-order valence-corrected chi connectivity index (χ1v) is 3.61. The molecule has 0 aliphatic carbocycles. The number of imidazole rings is 1. The molecule has 0 N–H and O–H groups in total. The quantitative estimate of drug-likeness (QED) is 0.633. The zero-order valence-corrected chi connectivity index (χ0v) is 6.86. The first kappa shape index (κ1) is 8.52. The van der Waals surface area contributed by atoms with Gasteiger partial charge >= 0.3 is 5.97 Å². The van der Waals surface area contributed by atoms with Crippen molar-refractivity contribution in [2.24, 2.45) is 0 Å². The highest BCUT2D eigenvalue weighted by molar-refractivity contribution is 5.88. The van der Waals surface area contributed by atoms with Crippen LogP contribution in [0.1, 0.15) is 17.4 Å².